The molecule has 1 aliphatic heterocycles. The van der Waals surface area contributed by atoms with Gasteiger partial charge in [0.25, 0.3) is 0 Å². The molecule has 0 saturated carbocycles. The fraction of sp³-hybridized carbons (Fsp3) is 0.263. The zero-order valence-electron chi connectivity index (χ0n) is 14.9. The number of sulfonamides is 1. The molecule has 0 saturated heterocycles. The van der Waals surface area contributed by atoms with Gasteiger partial charge in [-0.1, -0.05) is 42.0 Å². The van der Waals surface area contributed by atoms with Gasteiger partial charge in [0, 0.05) is 19.0 Å². The molecule has 0 fully saturated rings. The molecular weight excluding hydrogens is 350 g/mol. The van der Waals surface area contributed by atoms with Gasteiger partial charge in [0.2, 0.25) is 15.9 Å². The molecule has 1 N–H and O–H groups in total. The van der Waals surface area contributed by atoms with Gasteiger partial charge in [0.15, 0.2) is 0 Å². The molecule has 1 amide bonds. The van der Waals surface area contributed by atoms with Gasteiger partial charge in [-0.25, -0.2) is 13.4 Å². The van der Waals surface area contributed by atoms with Crippen LogP contribution in [-0.4, -0.2) is 31.3 Å². The van der Waals surface area contributed by atoms with E-state index in [0.717, 1.165) is 28.7 Å². The number of nitrogens with one attached hydrogen (secondary N) is 1. The topological polar surface area (TPSA) is 78.8 Å². The van der Waals surface area contributed by atoms with E-state index in [1.54, 1.807) is 18.2 Å². The van der Waals surface area contributed by atoms with Crippen LogP contribution in [-0.2, 0) is 14.8 Å². The van der Waals surface area contributed by atoms with E-state index in [-0.39, 0.29) is 11.9 Å². The molecule has 2 aromatic carbocycles. The van der Waals surface area contributed by atoms with Crippen molar-refractivity contribution in [3.8, 4) is 0 Å². The standard InChI is InChI=1S/C19H21N3O3S/c1-13-7-9-15(10-8-13)19-12-18(20-22(19)14(2)23)16-5-4-6-17(11-16)21-26(3,24)25/h4-11,19,21H,12H2,1-3H3. The lowest BCUT2D eigenvalue weighted by Gasteiger charge is -2.20. The van der Waals surface area contributed by atoms with Gasteiger partial charge in [0.05, 0.1) is 18.0 Å². The summed E-state index contributed by atoms with van der Waals surface area (Å²) in [6, 6.07) is 14.9. The summed E-state index contributed by atoms with van der Waals surface area (Å²) < 4.78 is 25.4. The number of anilines is 1. The van der Waals surface area contributed by atoms with Crippen molar-refractivity contribution in [2.24, 2.45) is 5.10 Å². The Bertz CT molecular complexity index is 966. The van der Waals surface area contributed by atoms with E-state index in [1.807, 2.05) is 37.3 Å². The van der Waals surface area contributed by atoms with Crippen molar-refractivity contribution in [1.29, 1.82) is 0 Å². The molecule has 1 aliphatic rings. The average molecular weight is 371 g/mol. The third kappa shape index (κ3) is 4.11. The van der Waals surface area contributed by atoms with E-state index in [0.29, 0.717) is 12.1 Å². The third-order valence-corrected chi connectivity index (χ3v) is 4.80. The average Bonchev–Trinajstić information content (AvgIpc) is 3.00. The minimum Gasteiger partial charge on any atom is -0.284 e. The van der Waals surface area contributed by atoms with Crippen LogP contribution in [0, 0.1) is 6.92 Å². The molecule has 0 spiro atoms. The molecule has 0 aromatic heterocycles. The summed E-state index contributed by atoms with van der Waals surface area (Å²) in [5, 5.41) is 6.00. The Labute approximate surface area is 153 Å². The Morgan fingerprint density at radius 3 is 2.50 bits per heavy atom. The fourth-order valence-electron chi connectivity index (χ4n) is 3.00. The van der Waals surface area contributed by atoms with Gasteiger partial charge in [-0.3, -0.25) is 9.52 Å². The molecule has 26 heavy (non-hydrogen) atoms. The van der Waals surface area contributed by atoms with E-state index in [4.69, 9.17) is 0 Å². The van der Waals surface area contributed by atoms with Crippen LogP contribution in [0.1, 0.15) is 36.1 Å². The van der Waals surface area contributed by atoms with Crippen LogP contribution in [0.2, 0.25) is 0 Å². The van der Waals surface area contributed by atoms with Crippen LogP contribution in [0.4, 0.5) is 5.69 Å². The summed E-state index contributed by atoms with van der Waals surface area (Å²) >= 11 is 0. The third-order valence-electron chi connectivity index (χ3n) is 4.19. The normalized spacial score (nSPS) is 17.1. The monoisotopic (exact) mass is 371 g/mol. The quantitative estimate of drug-likeness (QED) is 0.897. The van der Waals surface area contributed by atoms with E-state index in [1.165, 1.54) is 11.9 Å². The van der Waals surface area contributed by atoms with Gasteiger partial charge >= 0.3 is 0 Å². The van der Waals surface area contributed by atoms with E-state index in [2.05, 4.69) is 9.82 Å². The number of hydrazone groups is 1. The summed E-state index contributed by atoms with van der Waals surface area (Å²) in [5.74, 6) is -0.129. The molecule has 136 valence electrons. The van der Waals surface area contributed by atoms with Crippen LogP contribution in [0.15, 0.2) is 53.6 Å². The maximum atomic E-state index is 12.1. The van der Waals surface area contributed by atoms with Crippen molar-refractivity contribution >= 4 is 27.3 Å². The number of rotatable bonds is 4. The van der Waals surface area contributed by atoms with Crippen molar-refractivity contribution in [2.75, 3.05) is 11.0 Å². The van der Waals surface area contributed by atoms with Gasteiger partial charge in [0.1, 0.15) is 0 Å². The zero-order valence-corrected chi connectivity index (χ0v) is 15.7. The second kappa shape index (κ2) is 6.92. The number of benzene rings is 2. The van der Waals surface area contributed by atoms with Gasteiger partial charge in [-0.15, -0.1) is 0 Å². The molecule has 6 nitrogen and oxygen atoms in total. The SMILES string of the molecule is CC(=O)N1N=C(c2cccc(NS(C)(=O)=O)c2)CC1c1ccc(C)cc1. The number of hydrogen-bond donors (Lipinski definition) is 1. The number of aryl methyl sites for hydroxylation is 1. The summed E-state index contributed by atoms with van der Waals surface area (Å²) in [5.41, 5.74) is 4.19. The van der Waals surface area contributed by atoms with Crippen molar-refractivity contribution in [3.63, 3.8) is 0 Å². The van der Waals surface area contributed by atoms with Gasteiger partial charge < -0.3 is 0 Å². The predicted octanol–water partition coefficient (Wildman–Crippen LogP) is 3.06. The molecule has 0 radical (unpaired) electrons. The lowest BCUT2D eigenvalue weighted by Crippen LogP contribution is -2.24. The Hall–Kier alpha value is -2.67. The molecule has 1 unspecified atom stereocenters. The number of nitrogens with zero attached hydrogens (tertiary/aromatic N) is 2. The van der Waals surface area contributed by atoms with Crippen LogP contribution in [0.5, 0.6) is 0 Å². The highest BCUT2D eigenvalue weighted by Gasteiger charge is 2.31. The van der Waals surface area contributed by atoms with Crippen molar-refractivity contribution < 1.29 is 13.2 Å². The first-order chi connectivity index (χ1) is 12.2. The molecule has 0 bridgehead atoms. The molecule has 0 aliphatic carbocycles. The largest absolute Gasteiger partial charge is 0.284 e. The summed E-state index contributed by atoms with van der Waals surface area (Å²) in [6.45, 7) is 3.51. The van der Waals surface area contributed by atoms with E-state index >= 15 is 0 Å². The van der Waals surface area contributed by atoms with Crippen LogP contribution in [0.25, 0.3) is 0 Å². The van der Waals surface area contributed by atoms with Crippen LogP contribution in [0.3, 0.4) is 0 Å². The number of hydrogen-bond acceptors (Lipinski definition) is 4. The first-order valence-electron chi connectivity index (χ1n) is 8.25. The Morgan fingerprint density at radius 2 is 1.88 bits per heavy atom. The summed E-state index contributed by atoms with van der Waals surface area (Å²) in [6.07, 6.45) is 1.68. The smallest absolute Gasteiger partial charge is 0.240 e. The number of carbonyl (C=O) groups is 1. The molecule has 1 atom stereocenters. The van der Waals surface area contributed by atoms with Crippen LogP contribution < -0.4 is 4.72 Å². The summed E-state index contributed by atoms with van der Waals surface area (Å²) in [4.78, 5) is 12.1. The summed E-state index contributed by atoms with van der Waals surface area (Å²) in [7, 11) is -3.35. The van der Waals surface area contributed by atoms with E-state index in [9.17, 15) is 13.2 Å². The minimum absolute atomic E-state index is 0.129. The second-order valence-electron chi connectivity index (χ2n) is 6.50. The maximum Gasteiger partial charge on any atom is 0.240 e. The lowest BCUT2D eigenvalue weighted by atomic mass is 9.97. The maximum absolute atomic E-state index is 12.1. The Balaban J connectivity index is 1.91. The predicted molar refractivity (Wildman–Crippen MR) is 103 cm³/mol. The van der Waals surface area contributed by atoms with Gasteiger partial charge in [-0.05, 0) is 30.2 Å². The van der Waals surface area contributed by atoms with Crippen molar-refractivity contribution in [3.05, 3.63) is 65.2 Å². The molecule has 3 rings (SSSR count). The zero-order chi connectivity index (χ0) is 18.9. The lowest BCUT2D eigenvalue weighted by molar-refractivity contribution is -0.130. The molecule has 2 aromatic rings. The highest BCUT2D eigenvalue weighted by Crippen LogP contribution is 2.33. The molecule has 1 heterocycles. The second-order valence-corrected chi connectivity index (χ2v) is 8.24. The molecular formula is C19H21N3O3S. The Morgan fingerprint density at radius 1 is 1.19 bits per heavy atom. The number of carbonyl (C=O) groups excluding carboxylic acids is 1. The van der Waals surface area contributed by atoms with E-state index < -0.39 is 10.0 Å². The fourth-order valence-corrected chi connectivity index (χ4v) is 3.55. The Kier molecular flexibility index (Phi) is 4.82. The molecule has 7 heteroatoms. The number of amides is 1. The first-order valence-corrected chi connectivity index (χ1v) is 10.1. The van der Waals surface area contributed by atoms with Crippen molar-refractivity contribution in [2.45, 2.75) is 26.3 Å². The van der Waals surface area contributed by atoms with Crippen LogP contribution >= 0.6 is 0 Å². The van der Waals surface area contributed by atoms with Crippen molar-refractivity contribution in [1.82, 2.24) is 5.01 Å². The highest BCUT2D eigenvalue weighted by molar-refractivity contribution is 7.92. The van der Waals surface area contributed by atoms with Gasteiger partial charge in [-0.2, -0.15) is 5.10 Å². The first kappa shape index (κ1) is 18.1. The minimum atomic E-state index is -3.35. The highest BCUT2D eigenvalue weighted by atomic mass is 32.2.